The van der Waals surface area contributed by atoms with Gasteiger partial charge in [0.15, 0.2) is 5.78 Å². The fraction of sp³-hybridized carbons (Fsp3) is 0.286. The molecule has 3 nitrogen and oxygen atoms in total. The second-order valence-corrected chi connectivity index (χ2v) is 4.49. The van der Waals surface area contributed by atoms with Crippen molar-refractivity contribution in [3.63, 3.8) is 0 Å². The van der Waals surface area contributed by atoms with Crippen molar-refractivity contribution in [2.24, 2.45) is 7.05 Å². The third kappa shape index (κ3) is 1.58. The average Bonchev–Trinajstić information content (AvgIpc) is 2.94. The Hall–Kier alpha value is -1.90. The van der Waals surface area contributed by atoms with E-state index in [1.807, 2.05) is 19.2 Å². The van der Waals surface area contributed by atoms with E-state index < -0.39 is 0 Å². The van der Waals surface area contributed by atoms with Crippen LogP contribution in [-0.2, 0) is 13.5 Å². The van der Waals surface area contributed by atoms with E-state index in [2.05, 4.69) is 17.2 Å². The van der Waals surface area contributed by atoms with E-state index in [1.54, 1.807) is 16.9 Å². The van der Waals surface area contributed by atoms with Crippen molar-refractivity contribution in [2.45, 2.75) is 18.8 Å². The molecule has 0 saturated heterocycles. The summed E-state index contributed by atoms with van der Waals surface area (Å²) in [6.07, 6.45) is 3.60. The number of benzene rings is 1. The van der Waals surface area contributed by atoms with Crippen LogP contribution in [0, 0.1) is 0 Å². The predicted molar refractivity (Wildman–Crippen MR) is 65.0 cm³/mol. The highest BCUT2D eigenvalue weighted by Gasteiger charge is 2.30. The highest BCUT2D eigenvalue weighted by Crippen LogP contribution is 2.35. The number of hydrogen-bond acceptors (Lipinski definition) is 2. The summed E-state index contributed by atoms with van der Waals surface area (Å²) in [5.74, 6) is 0.205. The molecule has 1 unspecified atom stereocenters. The van der Waals surface area contributed by atoms with Crippen molar-refractivity contribution in [3.8, 4) is 0 Å². The molecule has 86 valence electrons. The Morgan fingerprint density at radius 3 is 2.94 bits per heavy atom. The van der Waals surface area contributed by atoms with E-state index in [0.29, 0.717) is 5.69 Å². The minimum absolute atomic E-state index is 0.0154. The predicted octanol–water partition coefficient (Wildman–Crippen LogP) is 2.33. The van der Waals surface area contributed by atoms with E-state index in [0.717, 1.165) is 12.8 Å². The van der Waals surface area contributed by atoms with Crippen LogP contribution in [0.5, 0.6) is 0 Å². The van der Waals surface area contributed by atoms with Gasteiger partial charge in [-0.25, -0.2) is 0 Å². The van der Waals surface area contributed by atoms with Crippen LogP contribution in [-0.4, -0.2) is 15.6 Å². The summed E-state index contributed by atoms with van der Waals surface area (Å²) >= 11 is 0. The molecule has 3 rings (SSSR count). The van der Waals surface area contributed by atoms with E-state index >= 15 is 0 Å². The van der Waals surface area contributed by atoms with Crippen LogP contribution in [0.2, 0.25) is 0 Å². The fourth-order valence-corrected chi connectivity index (χ4v) is 2.62. The molecular weight excluding hydrogens is 212 g/mol. The molecular formula is C14H14N2O. The number of fused-ring (bicyclic) bond motifs is 1. The molecule has 1 atom stereocenters. The summed E-state index contributed by atoms with van der Waals surface area (Å²) in [6.45, 7) is 0. The van der Waals surface area contributed by atoms with Gasteiger partial charge in [-0.2, -0.15) is 5.10 Å². The van der Waals surface area contributed by atoms with E-state index in [-0.39, 0.29) is 11.7 Å². The highest BCUT2D eigenvalue weighted by molar-refractivity contribution is 6.00. The summed E-state index contributed by atoms with van der Waals surface area (Å²) < 4.78 is 1.66. The van der Waals surface area contributed by atoms with Gasteiger partial charge in [-0.15, -0.1) is 0 Å². The van der Waals surface area contributed by atoms with Crippen molar-refractivity contribution in [3.05, 3.63) is 53.3 Å². The normalized spacial score (nSPS) is 18.1. The Bertz CT molecular complexity index is 571. The van der Waals surface area contributed by atoms with E-state index in [4.69, 9.17) is 0 Å². The molecule has 3 heteroatoms. The molecule has 0 saturated carbocycles. The fourth-order valence-electron chi connectivity index (χ4n) is 2.62. The molecule has 0 aliphatic heterocycles. The Morgan fingerprint density at radius 2 is 2.18 bits per heavy atom. The number of hydrogen-bond donors (Lipinski definition) is 0. The summed E-state index contributed by atoms with van der Waals surface area (Å²) in [5, 5.41) is 4.06. The summed E-state index contributed by atoms with van der Waals surface area (Å²) in [4.78, 5) is 12.4. The van der Waals surface area contributed by atoms with Gasteiger partial charge < -0.3 is 0 Å². The van der Waals surface area contributed by atoms with Crippen molar-refractivity contribution in [1.82, 2.24) is 9.78 Å². The van der Waals surface area contributed by atoms with Gasteiger partial charge in [0.25, 0.3) is 0 Å². The van der Waals surface area contributed by atoms with Crippen LogP contribution in [0.15, 0.2) is 36.5 Å². The SMILES string of the molecule is Cn1nccc1C(=O)C1CCc2ccccc21. The number of Topliss-reactive ketones (excluding diaryl/α,β-unsaturated/α-hetero) is 1. The van der Waals surface area contributed by atoms with Gasteiger partial charge >= 0.3 is 0 Å². The smallest absolute Gasteiger partial charge is 0.188 e. The average molecular weight is 226 g/mol. The first kappa shape index (κ1) is 10.3. The molecule has 17 heavy (non-hydrogen) atoms. The van der Waals surface area contributed by atoms with Crippen LogP contribution in [0.25, 0.3) is 0 Å². The first-order valence-corrected chi connectivity index (χ1v) is 5.87. The third-order valence-electron chi connectivity index (χ3n) is 3.52. The molecule has 0 bridgehead atoms. The maximum absolute atomic E-state index is 12.4. The molecule has 1 aliphatic rings. The van der Waals surface area contributed by atoms with E-state index in [9.17, 15) is 4.79 Å². The lowest BCUT2D eigenvalue weighted by Gasteiger charge is -2.10. The highest BCUT2D eigenvalue weighted by atomic mass is 16.1. The van der Waals surface area contributed by atoms with Gasteiger partial charge in [-0.1, -0.05) is 24.3 Å². The second kappa shape index (κ2) is 3.84. The zero-order valence-corrected chi connectivity index (χ0v) is 9.76. The minimum Gasteiger partial charge on any atom is -0.292 e. The number of nitrogens with zero attached hydrogens (tertiary/aromatic N) is 2. The molecule has 1 aliphatic carbocycles. The quantitative estimate of drug-likeness (QED) is 0.737. The number of rotatable bonds is 2. The number of aryl methyl sites for hydroxylation is 2. The molecule has 0 radical (unpaired) electrons. The first-order chi connectivity index (χ1) is 8.27. The van der Waals surface area contributed by atoms with Crippen molar-refractivity contribution in [2.75, 3.05) is 0 Å². The molecule has 0 N–H and O–H groups in total. The van der Waals surface area contributed by atoms with Crippen molar-refractivity contribution >= 4 is 5.78 Å². The molecule has 0 fully saturated rings. The molecule has 0 spiro atoms. The third-order valence-corrected chi connectivity index (χ3v) is 3.52. The Kier molecular flexibility index (Phi) is 2.32. The zero-order valence-electron chi connectivity index (χ0n) is 9.76. The number of ketones is 1. The molecule has 2 aromatic rings. The standard InChI is InChI=1S/C14H14N2O/c1-16-13(8-9-15-16)14(17)12-7-6-10-4-2-3-5-11(10)12/h2-5,8-9,12H,6-7H2,1H3. The Balaban J connectivity index is 1.98. The summed E-state index contributed by atoms with van der Waals surface area (Å²) in [7, 11) is 1.81. The van der Waals surface area contributed by atoms with Crippen molar-refractivity contribution < 1.29 is 4.79 Å². The maximum atomic E-state index is 12.4. The summed E-state index contributed by atoms with van der Waals surface area (Å²) in [5.41, 5.74) is 3.21. The van der Waals surface area contributed by atoms with Crippen LogP contribution >= 0.6 is 0 Å². The molecule has 0 amide bonds. The molecule has 1 aromatic carbocycles. The van der Waals surface area contributed by atoms with Crippen LogP contribution in [0.4, 0.5) is 0 Å². The molecule has 1 heterocycles. The van der Waals surface area contributed by atoms with Crippen LogP contribution in [0.1, 0.15) is 34.0 Å². The topological polar surface area (TPSA) is 34.9 Å². The first-order valence-electron chi connectivity index (χ1n) is 5.87. The minimum atomic E-state index is 0.0154. The molecule has 1 aromatic heterocycles. The number of aromatic nitrogens is 2. The lowest BCUT2D eigenvalue weighted by molar-refractivity contribution is 0.0950. The second-order valence-electron chi connectivity index (χ2n) is 4.49. The monoisotopic (exact) mass is 226 g/mol. The van der Waals surface area contributed by atoms with Gasteiger partial charge in [0.2, 0.25) is 0 Å². The van der Waals surface area contributed by atoms with Crippen molar-refractivity contribution in [1.29, 1.82) is 0 Å². The number of carbonyl (C=O) groups is 1. The zero-order chi connectivity index (χ0) is 11.8. The van der Waals surface area contributed by atoms with Crippen LogP contribution < -0.4 is 0 Å². The number of carbonyl (C=O) groups excluding carboxylic acids is 1. The van der Waals surface area contributed by atoms with Gasteiger partial charge in [0, 0.05) is 19.2 Å². The van der Waals surface area contributed by atoms with Gasteiger partial charge in [-0.3, -0.25) is 9.48 Å². The van der Waals surface area contributed by atoms with Gasteiger partial charge in [0.1, 0.15) is 5.69 Å². The van der Waals surface area contributed by atoms with Gasteiger partial charge in [0.05, 0.1) is 0 Å². The lowest BCUT2D eigenvalue weighted by Crippen LogP contribution is -2.14. The van der Waals surface area contributed by atoms with Crippen LogP contribution in [0.3, 0.4) is 0 Å². The summed E-state index contributed by atoms with van der Waals surface area (Å²) in [6, 6.07) is 10.0. The van der Waals surface area contributed by atoms with E-state index in [1.165, 1.54) is 11.1 Å². The Labute approximate surface area is 100 Å². The van der Waals surface area contributed by atoms with Gasteiger partial charge in [-0.05, 0) is 30.0 Å². The largest absolute Gasteiger partial charge is 0.292 e. The maximum Gasteiger partial charge on any atom is 0.188 e. The Morgan fingerprint density at radius 1 is 1.35 bits per heavy atom. The lowest BCUT2D eigenvalue weighted by atomic mass is 9.95.